The Morgan fingerprint density at radius 3 is 2.95 bits per heavy atom. The number of rotatable bonds is 5. The Balaban J connectivity index is 1.98. The number of aliphatic hydroxyl groups is 1. The highest BCUT2D eigenvalue weighted by Gasteiger charge is 2.20. The molecule has 1 aliphatic carbocycles. The predicted molar refractivity (Wildman–Crippen MR) is 85.3 cm³/mol. The number of nitrogens with two attached hydrogens (primary N) is 1. The molecule has 5 heteroatoms. The molecular formula is C16H25N3O2. The SMILES string of the molecule is CCNC(=O)c1ccc(N)c(NCC2CCCC(O)C2)c1. The summed E-state index contributed by atoms with van der Waals surface area (Å²) < 4.78 is 0. The Morgan fingerprint density at radius 2 is 2.24 bits per heavy atom. The van der Waals surface area contributed by atoms with Crippen molar-refractivity contribution >= 4 is 17.3 Å². The van der Waals surface area contributed by atoms with Gasteiger partial charge in [0.15, 0.2) is 0 Å². The monoisotopic (exact) mass is 291 g/mol. The van der Waals surface area contributed by atoms with Gasteiger partial charge in [-0.25, -0.2) is 0 Å². The van der Waals surface area contributed by atoms with Crippen molar-refractivity contribution in [3.8, 4) is 0 Å². The van der Waals surface area contributed by atoms with Crippen LogP contribution in [0.4, 0.5) is 11.4 Å². The van der Waals surface area contributed by atoms with Gasteiger partial charge in [-0.15, -0.1) is 0 Å². The first kappa shape index (κ1) is 15.6. The summed E-state index contributed by atoms with van der Waals surface area (Å²) in [5.74, 6) is 0.370. The number of aliphatic hydroxyl groups excluding tert-OH is 1. The lowest BCUT2D eigenvalue weighted by molar-refractivity contribution is 0.0955. The van der Waals surface area contributed by atoms with Crippen LogP contribution in [0.5, 0.6) is 0 Å². The maximum Gasteiger partial charge on any atom is 0.251 e. The Kier molecular flexibility index (Phi) is 5.44. The summed E-state index contributed by atoms with van der Waals surface area (Å²) in [4.78, 5) is 11.8. The van der Waals surface area contributed by atoms with E-state index in [1.165, 1.54) is 0 Å². The van der Waals surface area contributed by atoms with Crippen molar-refractivity contribution in [1.82, 2.24) is 5.32 Å². The van der Waals surface area contributed by atoms with Crippen molar-refractivity contribution in [3.63, 3.8) is 0 Å². The molecule has 0 aromatic heterocycles. The summed E-state index contributed by atoms with van der Waals surface area (Å²) in [5, 5.41) is 15.8. The zero-order chi connectivity index (χ0) is 15.2. The smallest absolute Gasteiger partial charge is 0.251 e. The summed E-state index contributed by atoms with van der Waals surface area (Å²) in [6.07, 6.45) is 3.76. The first-order chi connectivity index (χ1) is 10.1. The largest absolute Gasteiger partial charge is 0.397 e. The first-order valence-corrected chi connectivity index (χ1v) is 7.69. The minimum absolute atomic E-state index is 0.0892. The van der Waals surface area contributed by atoms with Crippen molar-refractivity contribution in [2.75, 3.05) is 24.1 Å². The van der Waals surface area contributed by atoms with Crippen LogP contribution < -0.4 is 16.4 Å². The van der Waals surface area contributed by atoms with E-state index in [9.17, 15) is 9.90 Å². The third-order valence-corrected chi connectivity index (χ3v) is 3.99. The lowest BCUT2D eigenvalue weighted by atomic mass is 9.87. The zero-order valence-corrected chi connectivity index (χ0v) is 12.6. The van der Waals surface area contributed by atoms with E-state index in [0.29, 0.717) is 23.7 Å². The van der Waals surface area contributed by atoms with Gasteiger partial charge in [0.25, 0.3) is 5.91 Å². The molecule has 0 radical (unpaired) electrons. The third-order valence-electron chi connectivity index (χ3n) is 3.99. The van der Waals surface area contributed by atoms with Gasteiger partial charge in [0.05, 0.1) is 17.5 Å². The Hall–Kier alpha value is -1.75. The minimum atomic E-state index is -0.176. The van der Waals surface area contributed by atoms with Crippen LogP contribution in [0.25, 0.3) is 0 Å². The fourth-order valence-corrected chi connectivity index (χ4v) is 2.82. The molecule has 1 aliphatic rings. The quantitative estimate of drug-likeness (QED) is 0.625. The standard InChI is InChI=1S/C16H25N3O2/c1-2-18-16(21)12-6-7-14(17)15(9-12)19-10-11-4-3-5-13(20)8-11/h6-7,9,11,13,19-20H,2-5,8,10,17H2,1H3,(H,18,21). The highest BCUT2D eigenvalue weighted by Crippen LogP contribution is 2.26. The molecule has 116 valence electrons. The molecule has 5 N–H and O–H groups in total. The van der Waals surface area contributed by atoms with Gasteiger partial charge in [0.1, 0.15) is 0 Å². The van der Waals surface area contributed by atoms with Crippen LogP contribution in [0.3, 0.4) is 0 Å². The Labute approximate surface area is 125 Å². The van der Waals surface area contributed by atoms with Gasteiger partial charge < -0.3 is 21.5 Å². The highest BCUT2D eigenvalue weighted by atomic mass is 16.3. The Morgan fingerprint density at radius 1 is 1.43 bits per heavy atom. The molecular weight excluding hydrogens is 266 g/mol. The number of amides is 1. The van der Waals surface area contributed by atoms with Crippen LogP contribution in [0.2, 0.25) is 0 Å². The molecule has 0 heterocycles. The molecule has 2 rings (SSSR count). The van der Waals surface area contributed by atoms with Crippen molar-refractivity contribution in [3.05, 3.63) is 23.8 Å². The maximum absolute atomic E-state index is 11.8. The summed E-state index contributed by atoms with van der Waals surface area (Å²) >= 11 is 0. The van der Waals surface area contributed by atoms with E-state index in [1.807, 2.05) is 6.92 Å². The van der Waals surface area contributed by atoms with E-state index >= 15 is 0 Å². The highest BCUT2D eigenvalue weighted by molar-refractivity contribution is 5.96. The number of carbonyl (C=O) groups excluding carboxylic acids is 1. The molecule has 1 aromatic carbocycles. The molecule has 0 bridgehead atoms. The fraction of sp³-hybridized carbons (Fsp3) is 0.562. The molecule has 21 heavy (non-hydrogen) atoms. The van der Waals surface area contributed by atoms with E-state index in [1.54, 1.807) is 18.2 Å². The number of hydrogen-bond donors (Lipinski definition) is 4. The fourth-order valence-electron chi connectivity index (χ4n) is 2.82. The molecule has 1 aromatic rings. The molecule has 0 aliphatic heterocycles. The lowest BCUT2D eigenvalue weighted by Crippen LogP contribution is -2.25. The van der Waals surface area contributed by atoms with Gasteiger partial charge in [0.2, 0.25) is 0 Å². The number of hydrogen-bond acceptors (Lipinski definition) is 4. The number of benzene rings is 1. The van der Waals surface area contributed by atoms with Gasteiger partial charge in [-0.2, -0.15) is 0 Å². The summed E-state index contributed by atoms with van der Waals surface area (Å²) in [5.41, 5.74) is 8.00. The normalized spacial score (nSPS) is 21.8. The van der Waals surface area contributed by atoms with E-state index in [0.717, 1.165) is 37.9 Å². The Bertz CT molecular complexity index is 490. The van der Waals surface area contributed by atoms with Crippen LogP contribution in [0.15, 0.2) is 18.2 Å². The lowest BCUT2D eigenvalue weighted by Gasteiger charge is -2.26. The number of anilines is 2. The van der Waals surface area contributed by atoms with Gasteiger partial charge in [-0.3, -0.25) is 4.79 Å². The summed E-state index contributed by atoms with van der Waals surface area (Å²) in [7, 11) is 0. The average Bonchev–Trinajstić information content (AvgIpc) is 2.46. The van der Waals surface area contributed by atoms with Gasteiger partial charge >= 0.3 is 0 Å². The van der Waals surface area contributed by atoms with Crippen LogP contribution in [0, 0.1) is 5.92 Å². The minimum Gasteiger partial charge on any atom is -0.397 e. The molecule has 1 fully saturated rings. The second-order valence-electron chi connectivity index (χ2n) is 5.73. The van der Waals surface area contributed by atoms with Gasteiger partial charge in [0, 0.05) is 18.7 Å². The summed E-state index contributed by atoms with van der Waals surface area (Å²) in [6.45, 7) is 3.27. The molecule has 1 saturated carbocycles. The van der Waals surface area contributed by atoms with Gasteiger partial charge in [-0.05, 0) is 50.3 Å². The van der Waals surface area contributed by atoms with Crippen molar-refractivity contribution < 1.29 is 9.90 Å². The molecule has 5 nitrogen and oxygen atoms in total. The maximum atomic E-state index is 11.8. The first-order valence-electron chi connectivity index (χ1n) is 7.69. The van der Waals surface area contributed by atoms with Crippen molar-refractivity contribution in [2.24, 2.45) is 5.92 Å². The molecule has 1 amide bonds. The molecule has 2 unspecified atom stereocenters. The third kappa shape index (κ3) is 4.36. The topological polar surface area (TPSA) is 87.4 Å². The van der Waals surface area contributed by atoms with Gasteiger partial charge in [-0.1, -0.05) is 6.42 Å². The second-order valence-corrected chi connectivity index (χ2v) is 5.73. The zero-order valence-electron chi connectivity index (χ0n) is 12.6. The van der Waals surface area contributed by atoms with Crippen molar-refractivity contribution in [1.29, 1.82) is 0 Å². The second kappa shape index (κ2) is 7.31. The van der Waals surface area contributed by atoms with Crippen LogP contribution in [-0.2, 0) is 0 Å². The number of nitrogen functional groups attached to an aromatic ring is 1. The number of nitrogens with one attached hydrogen (secondary N) is 2. The average molecular weight is 291 g/mol. The predicted octanol–water partition coefficient (Wildman–Crippen LogP) is 1.98. The van der Waals surface area contributed by atoms with Crippen molar-refractivity contribution in [2.45, 2.75) is 38.7 Å². The number of carbonyl (C=O) groups is 1. The van der Waals surface area contributed by atoms with E-state index in [-0.39, 0.29) is 12.0 Å². The van der Waals surface area contributed by atoms with E-state index in [2.05, 4.69) is 10.6 Å². The van der Waals surface area contributed by atoms with Crippen LogP contribution in [0.1, 0.15) is 43.0 Å². The molecule has 0 saturated heterocycles. The van der Waals surface area contributed by atoms with Crippen LogP contribution >= 0.6 is 0 Å². The molecule has 0 spiro atoms. The molecule has 2 atom stereocenters. The van der Waals surface area contributed by atoms with E-state index < -0.39 is 0 Å². The van der Waals surface area contributed by atoms with Crippen LogP contribution in [-0.4, -0.2) is 30.2 Å². The summed E-state index contributed by atoms with van der Waals surface area (Å²) in [6, 6.07) is 5.28. The van der Waals surface area contributed by atoms with E-state index in [4.69, 9.17) is 5.73 Å².